The molecule has 0 aliphatic rings. The summed E-state index contributed by atoms with van der Waals surface area (Å²) in [5.74, 6) is -1.32. The summed E-state index contributed by atoms with van der Waals surface area (Å²) >= 11 is 10.5. The van der Waals surface area contributed by atoms with Gasteiger partial charge in [-0.25, -0.2) is 0 Å². The molecule has 0 bridgehead atoms. The summed E-state index contributed by atoms with van der Waals surface area (Å²) in [6.45, 7) is 0. The fourth-order valence-electron chi connectivity index (χ4n) is 2.54. The molecule has 0 aliphatic carbocycles. The molecule has 14 heteroatoms. The number of amides is 2. The van der Waals surface area contributed by atoms with Crippen LogP contribution in [0.2, 0.25) is 0 Å². The highest BCUT2D eigenvalue weighted by atomic mass is 32.1. The first-order chi connectivity index (χ1) is 15.5. The third-order valence-corrected chi connectivity index (χ3v) is 5.18. The van der Waals surface area contributed by atoms with Gasteiger partial charge in [-0.2, -0.15) is 0 Å². The van der Waals surface area contributed by atoms with E-state index in [1.165, 1.54) is 72.6 Å². The molecule has 0 saturated heterocycles. The van der Waals surface area contributed by atoms with Crippen molar-refractivity contribution in [2.45, 2.75) is 6.42 Å². The van der Waals surface area contributed by atoms with Gasteiger partial charge in [0.25, 0.3) is 11.4 Å². The Morgan fingerprint density at radius 3 is 1.33 bits per heavy atom. The van der Waals surface area contributed by atoms with Gasteiger partial charge in [0.2, 0.25) is 11.8 Å². The summed E-state index contributed by atoms with van der Waals surface area (Å²) in [5, 5.41) is 23.9. The molecule has 0 radical (unpaired) electrons. The standard InChI is InChI=1S/C19H18N6O6S2/c1-22(18(32)12-3-7-14(8-4-12)24(28)29)20-16(26)11-17(27)21-23(2)19(33)13-5-9-15(10-6-13)25(30)31/h3-10H,11H2,1-2H3,(H,20,26)(H,21,27). The van der Waals surface area contributed by atoms with E-state index in [0.717, 1.165) is 0 Å². The highest BCUT2D eigenvalue weighted by Gasteiger charge is 2.17. The minimum Gasteiger partial charge on any atom is -0.277 e. The number of thiocarbonyl (C=S) groups is 2. The number of nitrogens with zero attached hydrogens (tertiary/aromatic N) is 4. The van der Waals surface area contributed by atoms with Crippen molar-refractivity contribution in [3.8, 4) is 0 Å². The Labute approximate surface area is 198 Å². The number of non-ortho nitro benzene ring substituents is 2. The number of nitrogens with one attached hydrogen (secondary N) is 2. The molecule has 0 spiro atoms. The Morgan fingerprint density at radius 2 is 1.06 bits per heavy atom. The van der Waals surface area contributed by atoms with Gasteiger partial charge in [-0.1, -0.05) is 24.4 Å². The van der Waals surface area contributed by atoms with Crippen molar-refractivity contribution in [2.24, 2.45) is 0 Å². The second kappa shape index (κ2) is 11.0. The van der Waals surface area contributed by atoms with Crippen molar-refractivity contribution in [1.82, 2.24) is 20.9 Å². The fourth-order valence-corrected chi connectivity index (χ4v) is 2.90. The molecular formula is C19H18N6O6S2. The Morgan fingerprint density at radius 1 is 0.758 bits per heavy atom. The number of carbonyl (C=O) groups excluding carboxylic acids is 2. The van der Waals surface area contributed by atoms with Crippen LogP contribution in [0.1, 0.15) is 17.5 Å². The molecule has 0 atom stereocenters. The zero-order valence-corrected chi connectivity index (χ0v) is 19.0. The predicted molar refractivity (Wildman–Crippen MR) is 126 cm³/mol. The predicted octanol–water partition coefficient (Wildman–Crippen LogP) is 1.87. The SMILES string of the molecule is CN(NC(=O)CC(=O)NN(C)C(=S)c1ccc([N+](=O)[O-])cc1)C(=S)c1ccc([N+](=O)[O-])cc1. The number of carbonyl (C=O) groups is 2. The maximum atomic E-state index is 12.2. The van der Waals surface area contributed by atoms with Crippen LogP contribution >= 0.6 is 24.4 Å². The highest BCUT2D eigenvalue weighted by molar-refractivity contribution is 7.80. The van der Waals surface area contributed by atoms with Crippen LogP contribution in [0.5, 0.6) is 0 Å². The average Bonchev–Trinajstić information content (AvgIpc) is 2.77. The summed E-state index contributed by atoms with van der Waals surface area (Å²) in [6, 6.07) is 10.9. The van der Waals surface area contributed by atoms with E-state index in [2.05, 4.69) is 10.9 Å². The normalized spacial score (nSPS) is 10.0. The molecule has 2 rings (SSSR count). The van der Waals surface area contributed by atoms with Crippen molar-refractivity contribution < 1.29 is 19.4 Å². The van der Waals surface area contributed by atoms with Crippen LogP contribution in [0.4, 0.5) is 11.4 Å². The van der Waals surface area contributed by atoms with E-state index >= 15 is 0 Å². The quantitative estimate of drug-likeness (QED) is 0.266. The Kier molecular flexibility index (Phi) is 8.42. The van der Waals surface area contributed by atoms with Crippen molar-refractivity contribution in [2.75, 3.05) is 14.1 Å². The molecule has 2 N–H and O–H groups in total. The van der Waals surface area contributed by atoms with Crippen LogP contribution in [0.15, 0.2) is 48.5 Å². The molecule has 0 unspecified atom stereocenters. The maximum Gasteiger partial charge on any atom is 0.269 e. The molecule has 0 fully saturated rings. The summed E-state index contributed by atoms with van der Waals surface area (Å²) in [4.78, 5) is 45.1. The van der Waals surface area contributed by atoms with Gasteiger partial charge in [0.15, 0.2) is 0 Å². The largest absolute Gasteiger partial charge is 0.277 e. The van der Waals surface area contributed by atoms with E-state index < -0.39 is 28.1 Å². The Bertz CT molecular complexity index is 1020. The van der Waals surface area contributed by atoms with Gasteiger partial charge in [0, 0.05) is 49.5 Å². The Balaban J connectivity index is 1.88. The molecular weight excluding hydrogens is 472 g/mol. The van der Waals surface area contributed by atoms with Crippen LogP contribution in [0, 0.1) is 20.2 Å². The molecule has 0 saturated carbocycles. The first-order valence-corrected chi connectivity index (χ1v) is 9.95. The molecule has 2 aromatic rings. The molecule has 172 valence electrons. The van der Waals surface area contributed by atoms with E-state index in [0.29, 0.717) is 11.1 Å². The lowest BCUT2D eigenvalue weighted by Gasteiger charge is -2.23. The molecule has 2 amide bonds. The molecule has 12 nitrogen and oxygen atoms in total. The maximum absolute atomic E-state index is 12.2. The van der Waals surface area contributed by atoms with Crippen LogP contribution < -0.4 is 10.9 Å². The summed E-state index contributed by atoms with van der Waals surface area (Å²) in [5.41, 5.74) is 5.63. The van der Waals surface area contributed by atoms with E-state index in [1.807, 2.05) is 0 Å². The number of nitro benzene ring substituents is 2. The van der Waals surface area contributed by atoms with Crippen molar-refractivity contribution >= 4 is 57.6 Å². The number of benzene rings is 2. The average molecular weight is 491 g/mol. The number of hydrogen-bond donors (Lipinski definition) is 2. The van der Waals surface area contributed by atoms with E-state index in [4.69, 9.17) is 24.4 Å². The lowest BCUT2D eigenvalue weighted by Crippen LogP contribution is -2.47. The van der Waals surface area contributed by atoms with Crippen molar-refractivity contribution in [3.63, 3.8) is 0 Å². The number of hydrazine groups is 2. The number of hydrogen-bond acceptors (Lipinski definition) is 8. The van der Waals surface area contributed by atoms with Crippen LogP contribution in [-0.4, -0.2) is 55.8 Å². The monoisotopic (exact) mass is 490 g/mol. The number of rotatable bonds is 6. The summed E-state index contributed by atoms with van der Waals surface area (Å²) < 4.78 is 0. The second-order valence-electron chi connectivity index (χ2n) is 6.58. The molecule has 2 aromatic carbocycles. The van der Waals surface area contributed by atoms with E-state index in [9.17, 15) is 29.8 Å². The minimum absolute atomic E-state index is 0.0966. The molecule has 0 aliphatic heterocycles. The van der Waals surface area contributed by atoms with Crippen LogP contribution in [0.3, 0.4) is 0 Å². The third-order valence-electron chi connectivity index (χ3n) is 4.17. The molecule has 0 heterocycles. The molecule has 33 heavy (non-hydrogen) atoms. The zero-order valence-electron chi connectivity index (χ0n) is 17.4. The third kappa shape index (κ3) is 6.98. The lowest BCUT2D eigenvalue weighted by atomic mass is 10.2. The van der Waals surface area contributed by atoms with Gasteiger partial charge in [-0.05, 0) is 24.3 Å². The van der Waals surface area contributed by atoms with E-state index in [-0.39, 0.29) is 21.4 Å². The van der Waals surface area contributed by atoms with Gasteiger partial charge in [0.1, 0.15) is 16.4 Å². The van der Waals surface area contributed by atoms with Crippen LogP contribution in [0.25, 0.3) is 0 Å². The van der Waals surface area contributed by atoms with Gasteiger partial charge in [-0.3, -0.25) is 50.7 Å². The van der Waals surface area contributed by atoms with E-state index in [1.54, 1.807) is 0 Å². The van der Waals surface area contributed by atoms with Crippen LogP contribution in [-0.2, 0) is 9.59 Å². The van der Waals surface area contributed by atoms with Crippen molar-refractivity contribution in [1.29, 1.82) is 0 Å². The highest BCUT2D eigenvalue weighted by Crippen LogP contribution is 2.14. The van der Waals surface area contributed by atoms with Gasteiger partial charge < -0.3 is 0 Å². The minimum atomic E-state index is -0.658. The fraction of sp³-hybridized carbons (Fsp3) is 0.158. The summed E-state index contributed by atoms with van der Waals surface area (Å²) in [6.07, 6.45) is -0.541. The summed E-state index contributed by atoms with van der Waals surface area (Å²) in [7, 11) is 2.94. The number of nitro groups is 2. The Hall–Kier alpha value is -4.04. The molecule has 0 aromatic heterocycles. The van der Waals surface area contributed by atoms with Gasteiger partial charge >= 0.3 is 0 Å². The first kappa shape index (κ1) is 25.2. The second-order valence-corrected chi connectivity index (χ2v) is 7.36. The first-order valence-electron chi connectivity index (χ1n) is 9.13. The zero-order chi connectivity index (χ0) is 24.7. The smallest absolute Gasteiger partial charge is 0.269 e. The van der Waals surface area contributed by atoms with Gasteiger partial charge in [-0.15, -0.1) is 0 Å². The van der Waals surface area contributed by atoms with Crippen molar-refractivity contribution in [3.05, 3.63) is 79.9 Å². The topological polar surface area (TPSA) is 151 Å². The lowest BCUT2D eigenvalue weighted by molar-refractivity contribution is -0.385. The van der Waals surface area contributed by atoms with Gasteiger partial charge in [0.05, 0.1) is 9.85 Å².